The quantitative estimate of drug-likeness (QED) is 0.299. The summed E-state index contributed by atoms with van der Waals surface area (Å²) in [7, 11) is 0. The van der Waals surface area contributed by atoms with E-state index in [2.05, 4.69) is 54.5 Å². The molecule has 0 bridgehead atoms. The van der Waals surface area contributed by atoms with Crippen LogP contribution in [0.25, 0.3) is 16.6 Å². The van der Waals surface area contributed by atoms with E-state index in [1.54, 1.807) is 13.8 Å². The van der Waals surface area contributed by atoms with Crippen LogP contribution in [0.2, 0.25) is 0 Å². The molecule has 0 fully saturated rings. The minimum atomic E-state index is -0.501. The van der Waals surface area contributed by atoms with Crippen molar-refractivity contribution in [3.8, 4) is 6.07 Å². The van der Waals surface area contributed by atoms with Gasteiger partial charge in [0.05, 0.1) is 23.4 Å². The van der Waals surface area contributed by atoms with Crippen molar-refractivity contribution in [1.29, 1.82) is 5.26 Å². The van der Waals surface area contributed by atoms with Gasteiger partial charge in [0.2, 0.25) is 5.91 Å². The highest BCUT2D eigenvalue weighted by Gasteiger charge is 2.22. The zero-order valence-corrected chi connectivity index (χ0v) is 21.1. The summed E-state index contributed by atoms with van der Waals surface area (Å²) in [4.78, 5) is 25.2. The number of ether oxygens (including phenoxy) is 1. The maximum atomic E-state index is 12.7. The molecule has 0 atom stereocenters. The molecule has 174 valence electrons. The van der Waals surface area contributed by atoms with Crippen molar-refractivity contribution in [2.75, 3.05) is 17.7 Å². The van der Waals surface area contributed by atoms with Crippen molar-refractivity contribution < 1.29 is 14.3 Å². The number of rotatable bonds is 6. The summed E-state index contributed by atoms with van der Waals surface area (Å²) >= 11 is 2.31. The number of aryl methyl sites for hydroxylation is 3. The second-order valence-electron chi connectivity index (χ2n) is 7.91. The fourth-order valence-electron chi connectivity index (χ4n) is 3.93. The third-order valence-corrected chi connectivity index (χ3v) is 7.52. The van der Waals surface area contributed by atoms with Gasteiger partial charge in [0.1, 0.15) is 15.9 Å². The number of anilines is 1. The van der Waals surface area contributed by atoms with Crippen molar-refractivity contribution in [1.82, 2.24) is 14.6 Å². The number of thiophene rings is 1. The lowest BCUT2D eigenvalue weighted by Crippen LogP contribution is -2.14. The van der Waals surface area contributed by atoms with E-state index in [4.69, 9.17) is 4.74 Å². The molecule has 3 heterocycles. The van der Waals surface area contributed by atoms with E-state index < -0.39 is 5.97 Å². The van der Waals surface area contributed by atoms with E-state index in [-0.39, 0.29) is 23.8 Å². The summed E-state index contributed by atoms with van der Waals surface area (Å²) in [6.45, 7) is 9.79. The second kappa shape index (κ2) is 9.44. The highest BCUT2D eigenvalue weighted by Crippen LogP contribution is 2.34. The van der Waals surface area contributed by atoms with Gasteiger partial charge in [-0.1, -0.05) is 23.4 Å². The molecule has 4 aromatic rings. The summed E-state index contributed by atoms with van der Waals surface area (Å²) < 4.78 is 7.03. The number of nitrogens with one attached hydrogen (secondary N) is 1. The van der Waals surface area contributed by atoms with Crippen LogP contribution in [0.3, 0.4) is 0 Å². The molecule has 0 unspecified atom stereocenters. The smallest absolute Gasteiger partial charge is 0.348 e. The molecular formula is C24H23N5O3S2. The Labute approximate surface area is 204 Å². The molecule has 34 heavy (non-hydrogen) atoms. The van der Waals surface area contributed by atoms with Crippen LogP contribution in [-0.4, -0.2) is 38.8 Å². The Morgan fingerprint density at radius 2 is 1.94 bits per heavy atom. The predicted octanol–water partition coefficient (Wildman–Crippen LogP) is 4.96. The van der Waals surface area contributed by atoms with Crippen molar-refractivity contribution in [2.24, 2.45) is 0 Å². The van der Waals surface area contributed by atoms with Gasteiger partial charge in [-0.25, -0.2) is 4.79 Å². The van der Waals surface area contributed by atoms with Crippen LogP contribution in [0.4, 0.5) is 5.00 Å². The molecule has 4 rings (SSSR count). The van der Waals surface area contributed by atoms with Gasteiger partial charge in [-0.2, -0.15) is 5.26 Å². The second-order valence-corrected chi connectivity index (χ2v) is 9.87. The lowest BCUT2D eigenvalue weighted by atomic mass is 10.0. The largest absolute Gasteiger partial charge is 0.462 e. The summed E-state index contributed by atoms with van der Waals surface area (Å²) in [5, 5.41) is 23.0. The molecule has 8 nitrogen and oxygen atoms in total. The minimum Gasteiger partial charge on any atom is -0.462 e. The summed E-state index contributed by atoms with van der Waals surface area (Å²) in [6, 6.07) is 8.32. The zero-order chi connectivity index (χ0) is 24.6. The highest BCUT2D eigenvalue weighted by atomic mass is 32.2. The van der Waals surface area contributed by atoms with Crippen LogP contribution in [0, 0.1) is 39.0 Å². The van der Waals surface area contributed by atoms with Crippen molar-refractivity contribution in [2.45, 2.75) is 39.8 Å². The molecule has 1 amide bonds. The normalized spacial score (nSPS) is 11.1. The van der Waals surface area contributed by atoms with Crippen LogP contribution in [0.1, 0.15) is 44.4 Å². The number of nitrogens with zero attached hydrogens (tertiary/aromatic N) is 4. The predicted molar refractivity (Wildman–Crippen MR) is 134 cm³/mol. The lowest BCUT2D eigenvalue weighted by molar-refractivity contribution is -0.113. The fourth-order valence-corrected chi connectivity index (χ4v) is 5.74. The van der Waals surface area contributed by atoms with Crippen LogP contribution in [0.15, 0.2) is 23.4 Å². The molecule has 3 aromatic heterocycles. The number of carbonyl (C=O) groups is 2. The Balaban J connectivity index is 1.60. The average molecular weight is 494 g/mol. The van der Waals surface area contributed by atoms with Gasteiger partial charge in [0, 0.05) is 5.39 Å². The molecular weight excluding hydrogens is 470 g/mol. The lowest BCUT2D eigenvalue weighted by Gasteiger charge is -2.11. The molecule has 0 radical (unpaired) electrons. The Kier molecular flexibility index (Phi) is 6.59. The first-order chi connectivity index (χ1) is 16.2. The maximum absolute atomic E-state index is 12.7. The Bertz CT molecular complexity index is 1500. The third-order valence-electron chi connectivity index (χ3n) is 5.40. The van der Waals surface area contributed by atoms with Crippen LogP contribution >= 0.6 is 23.1 Å². The van der Waals surface area contributed by atoms with Crippen molar-refractivity contribution in [3.05, 3.63) is 50.9 Å². The number of pyridine rings is 1. The van der Waals surface area contributed by atoms with E-state index in [0.29, 0.717) is 20.6 Å². The first-order valence-corrected chi connectivity index (χ1v) is 12.4. The zero-order valence-electron chi connectivity index (χ0n) is 19.5. The molecule has 0 spiro atoms. The Hall–Kier alpha value is -3.42. The number of benzene rings is 1. The molecule has 0 saturated carbocycles. The number of hydrogen-bond acceptors (Lipinski definition) is 8. The third kappa shape index (κ3) is 4.24. The standard InChI is InChI=1S/C24H23N5O3S2/c1-6-32-23(31)21-15(5)17(10-25)22(34-21)26-19(30)11-33-24-28-27-18-9-13(3)16-8-12(2)7-14(4)20(16)29(18)24/h7-9H,6,11H2,1-5H3,(H,26,30). The number of amides is 1. The van der Waals surface area contributed by atoms with Gasteiger partial charge in [-0.3, -0.25) is 9.20 Å². The summed E-state index contributed by atoms with van der Waals surface area (Å²) in [5.41, 5.74) is 5.92. The SMILES string of the molecule is CCOC(=O)c1sc(NC(=O)CSc2nnc3cc(C)c4cc(C)cc(C)c4n23)c(C#N)c1C. The molecule has 0 aliphatic carbocycles. The van der Waals surface area contributed by atoms with E-state index in [1.807, 2.05) is 10.5 Å². The summed E-state index contributed by atoms with van der Waals surface area (Å²) in [5.74, 6) is -0.740. The topological polar surface area (TPSA) is 109 Å². The Morgan fingerprint density at radius 1 is 1.18 bits per heavy atom. The molecule has 0 saturated heterocycles. The number of aromatic nitrogens is 3. The number of fused-ring (bicyclic) bond motifs is 3. The number of esters is 1. The number of carbonyl (C=O) groups excluding carboxylic acids is 2. The first kappa shape index (κ1) is 23.7. The van der Waals surface area contributed by atoms with Gasteiger partial charge in [0.25, 0.3) is 0 Å². The van der Waals surface area contributed by atoms with Crippen LogP contribution in [0.5, 0.6) is 0 Å². The minimum absolute atomic E-state index is 0.0671. The van der Waals surface area contributed by atoms with E-state index in [0.717, 1.165) is 39.0 Å². The van der Waals surface area contributed by atoms with Gasteiger partial charge in [-0.15, -0.1) is 21.5 Å². The summed E-state index contributed by atoms with van der Waals surface area (Å²) in [6.07, 6.45) is 0. The molecule has 1 N–H and O–H groups in total. The highest BCUT2D eigenvalue weighted by molar-refractivity contribution is 7.99. The maximum Gasteiger partial charge on any atom is 0.348 e. The number of nitriles is 1. The van der Waals surface area contributed by atoms with E-state index in [1.165, 1.54) is 17.3 Å². The molecule has 10 heteroatoms. The average Bonchev–Trinajstić information content (AvgIpc) is 3.32. The molecule has 0 aliphatic heterocycles. The fraction of sp³-hybridized carbons (Fsp3) is 0.292. The Morgan fingerprint density at radius 3 is 2.65 bits per heavy atom. The number of thioether (sulfide) groups is 1. The van der Waals surface area contributed by atoms with Gasteiger partial charge >= 0.3 is 5.97 Å². The van der Waals surface area contributed by atoms with Crippen molar-refractivity contribution >= 4 is 56.5 Å². The molecule has 0 aliphatic rings. The number of hydrogen-bond donors (Lipinski definition) is 1. The van der Waals surface area contributed by atoms with Crippen LogP contribution < -0.4 is 5.32 Å². The van der Waals surface area contributed by atoms with E-state index in [9.17, 15) is 14.9 Å². The van der Waals surface area contributed by atoms with Crippen molar-refractivity contribution in [3.63, 3.8) is 0 Å². The first-order valence-electron chi connectivity index (χ1n) is 10.6. The monoisotopic (exact) mass is 493 g/mol. The van der Waals surface area contributed by atoms with Gasteiger partial charge in [0.15, 0.2) is 10.8 Å². The van der Waals surface area contributed by atoms with Gasteiger partial charge in [-0.05, 0) is 63.4 Å². The molecule has 1 aromatic carbocycles. The van der Waals surface area contributed by atoms with E-state index >= 15 is 0 Å². The van der Waals surface area contributed by atoms with Crippen LogP contribution in [-0.2, 0) is 9.53 Å². The van der Waals surface area contributed by atoms with Gasteiger partial charge < -0.3 is 10.1 Å².